The minimum atomic E-state index is -0.363. The molecule has 3 rings (SSSR count). The number of aromatic nitrogens is 2. The molecule has 1 aliphatic heterocycles. The van der Waals surface area contributed by atoms with Gasteiger partial charge in [-0.1, -0.05) is 5.16 Å². The molecular weight excluding hydrogens is 278 g/mol. The second-order valence-electron chi connectivity index (χ2n) is 4.78. The van der Waals surface area contributed by atoms with Crippen LogP contribution in [0.3, 0.4) is 0 Å². The molecule has 106 valence electrons. The molecule has 0 atom stereocenters. The Morgan fingerprint density at radius 1 is 1.50 bits per heavy atom. The number of fused-ring (bicyclic) bond motifs is 1. The quantitative estimate of drug-likeness (QED) is 0.885. The van der Waals surface area contributed by atoms with Gasteiger partial charge < -0.3 is 9.42 Å². The van der Waals surface area contributed by atoms with Crippen LogP contribution in [-0.2, 0) is 13.0 Å². The van der Waals surface area contributed by atoms with E-state index in [1.807, 2.05) is 0 Å². The fraction of sp³-hybridized carbons (Fsp3) is 0.417. The van der Waals surface area contributed by atoms with E-state index in [1.165, 1.54) is 16.2 Å². The van der Waals surface area contributed by atoms with E-state index in [0.717, 1.165) is 25.2 Å². The number of hydrogen-bond acceptors (Lipinski definition) is 6. The van der Waals surface area contributed by atoms with Crippen LogP contribution in [0.25, 0.3) is 0 Å². The number of thiazole rings is 1. The normalized spacial score (nSPS) is 14.9. The SMILES string of the molecule is Cc1cc(NC(=O)Nc2nc3c(s2)CN(C)CC3)no1. The van der Waals surface area contributed by atoms with Gasteiger partial charge in [-0.05, 0) is 14.0 Å². The van der Waals surface area contributed by atoms with Crippen LogP contribution < -0.4 is 10.6 Å². The van der Waals surface area contributed by atoms with Gasteiger partial charge in [0.25, 0.3) is 0 Å². The third-order valence-corrected chi connectivity index (χ3v) is 4.01. The Hall–Kier alpha value is -1.93. The van der Waals surface area contributed by atoms with E-state index in [2.05, 4.69) is 32.7 Å². The largest absolute Gasteiger partial charge is 0.360 e. The summed E-state index contributed by atoms with van der Waals surface area (Å²) in [7, 11) is 2.08. The van der Waals surface area contributed by atoms with Gasteiger partial charge in [0.1, 0.15) is 5.76 Å². The lowest BCUT2D eigenvalue weighted by molar-refractivity contribution is 0.262. The van der Waals surface area contributed by atoms with Crippen LogP contribution in [0.5, 0.6) is 0 Å². The first-order valence-corrected chi connectivity index (χ1v) is 7.10. The van der Waals surface area contributed by atoms with Gasteiger partial charge in [-0.3, -0.25) is 10.6 Å². The Balaban J connectivity index is 1.64. The maximum absolute atomic E-state index is 11.8. The summed E-state index contributed by atoms with van der Waals surface area (Å²) in [6, 6.07) is 1.29. The minimum absolute atomic E-state index is 0.363. The van der Waals surface area contributed by atoms with Crippen molar-refractivity contribution >= 4 is 28.3 Å². The number of nitrogens with zero attached hydrogens (tertiary/aromatic N) is 3. The molecule has 0 bridgehead atoms. The van der Waals surface area contributed by atoms with E-state index < -0.39 is 0 Å². The Labute approximate surface area is 120 Å². The van der Waals surface area contributed by atoms with Crippen molar-refractivity contribution in [3.8, 4) is 0 Å². The van der Waals surface area contributed by atoms with Crippen LogP contribution in [0.2, 0.25) is 0 Å². The summed E-state index contributed by atoms with van der Waals surface area (Å²) >= 11 is 1.51. The smallest absolute Gasteiger partial charge is 0.326 e. The number of carbonyl (C=O) groups is 1. The van der Waals surface area contributed by atoms with E-state index >= 15 is 0 Å². The highest BCUT2D eigenvalue weighted by molar-refractivity contribution is 7.15. The summed E-state index contributed by atoms with van der Waals surface area (Å²) < 4.78 is 4.88. The van der Waals surface area contributed by atoms with Crippen LogP contribution in [0.1, 0.15) is 16.3 Å². The zero-order valence-corrected chi connectivity index (χ0v) is 12.1. The number of rotatable bonds is 2. The Morgan fingerprint density at radius 2 is 2.35 bits per heavy atom. The summed E-state index contributed by atoms with van der Waals surface area (Å²) in [6.07, 6.45) is 0.925. The molecule has 2 aromatic rings. The molecule has 0 unspecified atom stereocenters. The Bertz CT molecular complexity index is 636. The highest BCUT2D eigenvalue weighted by Gasteiger charge is 2.19. The molecule has 0 saturated carbocycles. The first-order chi connectivity index (χ1) is 9.60. The van der Waals surface area contributed by atoms with Crippen LogP contribution in [0, 0.1) is 6.92 Å². The highest BCUT2D eigenvalue weighted by Crippen LogP contribution is 2.27. The monoisotopic (exact) mass is 293 g/mol. The summed E-state index contributed by atoms with van der Waals surface area (Å²) in [5.41, 5.74) is 1.08. The van der Waals surface area contributed by atoms with E-state index in [4.69, 9.17) is 4.52 Å². The number of hydrogen-bond donors (Lipinski definition) is 2. The maximum Gasteiger partial charge on any atom is 0.326 e. The van der Waals surface area contributed by atoms with Crippen molar-refractivity contribution in [1.29, 1.82) is 0 Å². The molecule has 0 spiro atoms. The summed E-state index contributed by atoms with van der Waals surface area (Å²) in [4.78, 5) is 19.7. The van der Waals surface area contributed by atoms with Gasteiger partial charge in [0, 0.05) is 30.5 Å². The minimum Gasteiger partial charge on any atom is -0.360 e. The lowest BCUT2D eigenvalue weighted by Gasteiger charge is -2.20. The first kappa shape index (κ1) is 13.1. The average molecular weight is 293 g/mol. The molecule has 0 fully saturated rings. The number of likely N-dealkylation sites (N-methyl/N-ethyl adjacent to an activating group) is 1. The molecule has 0 radical (unpaired) electrons. The first-order valence-electron chi connectivity index (χ1n) is 6.28. The molecule has 0 aromatic carbocycles. The lowest BCUT2D eigenvalue weighted by atomic mass is 10.2. The Kier molecular flexibility index (Phi) is 3.41. The van der Waals surface area contributed by atoms with Crippen molar-refractivity contribution in [3.05, 3.63) is 22.4 Å². The maximum atomic E-state index is 11.8. The second kappa shape index (κ2) is 5.22. The third-order valence-electron chi connectivity index (χ3n) is 3.01. The predicted octanol–water partition coefficient (Wildman–Crippen LogP) is 2.07. The van der Waals surface area contributed by atoms with Gasteiger partial charge in [-0.15, -0.1) is 11.3 Å². The van der Waals surface area contributed by atoms with Gasteiger partial charge >= 0.3 is 6.03 Å². The number of urea groups is 1. The van der Waals surface area contributed by atoms with Crippen molar-refractivity contribution < 1.29 is 9.32 Å². The zero-order valence-electron chi connectivity index (χ0n) is 11.3. The molecule has 7 nitrogen and oxygen atoms in total. The molecule has 0 aliphatic carbocycles. The molecule has 1 aliphatic rings. The topological polar surface area (TPSA) is 83.3 Å². The zero-order chi connectivity index (χ0) is 14.1. The van der Waals surface area contributed by atoms with Gasteiger partial charge in [0.2, 0.25) is 0 Å². The van der Waals surface area contributed by atoms with Crippen molar-refractivity contribution in [1.82, 2.24) is 15.0 Å². The summed E-state index contributed by atoms with van der Waals surface area (Å²) in [5, 5.41) is 9.65. The molecule has 8 heteroatoms. The standard InChI is InChI=1S/C12H15N5O2S/c1-7-5-10(16-19-7)14-11(18)15-12-13-8-3-4-17(2)6-9(8)20-12/h5H,3-4,6H2,1-2H3,(H2,13,14,15,16,18). The molecule has 0 saturated heterocycles. The number of anilines is 2. The molecule has 20 heavy (non-hydrogen) atoms. The van der Waals surface area contributed by atoms with Gasteiger partial charge in [0.15, 0.2) is 10.9 Å². The summed E-state index contributed by atoms with van der Waals surface area (Å²) in [5.74, 6) is 1.04. The van der Waals surface area contributed by atoms with E-state index in [1.54, 1.807) is 13.0 Å². The van der Waals surface area contributed by atoms with Crippen molar-refractivity contribution in [2.45, 2.75) is 19.9 Å². The van der Waals surface area contributed by atoms with E-state index in [0.29, 0.717) is 16.7 Å². The van der Waals surface area contributed by atoms with Gasteiger partial charge in [-0.2, -0.15) is 0 Å². The number of amides is 2. The second-order valence-corrected chi connectivity index (χ2v) is 5.86. The van der Waals surface area contributed by atoms with Gasteiger partial charge in [0.05, 0.1) is 5.69 Å². The van der Waals surface area contributed by atoms with Crippen LogP contribution >= 0.6 is 11.3 Å². The predicted molar refractivity (Wildman–Crippen MR) is 76.0 cm³/mol. The van der Waals surface area contributed by atoms with Crippen LogP contribution in [0.4, 0.5) is 15.7 Å². The van der Waals surface area contributed by atoms with Gasteiger partial charge in [-0.25, -0.2) is 9.78 Å². The lowest BCUT2D eigenvalue weighted by Crippen LogP contribution is -2.25. The average Bonchev–Trinajstić information content (AvgIpc) is 2.94. The Morgan fingerprint density at radius 3 is 3.10 bits per heavy atom. The highest BCUT2D eigenvalue weighted by atomic mass is 32.1. The number of carbonyl (C=O) groups excluding carboxylic acids is 1. The van der Waals surface area contributed by atoms with Crippen molar-refractivity contribution in [3.63, 3.8) is 0 Å². The fourth-order valence-electron chi connectivity index (χ4n) is 2.05. The summed E-state index contributed by atoms with van der Waals surface area (Å²) in [6.45, 7) is 3.65. The van der Waals surface area contributed by atoms with Crippen LogP contribution in [-0.4, -0.2) is 34.7 Å². The number of aryl methyl sites for hydroxylation is 1. The fourth-order valence-corrected chi connectivity index (χ4v) is 3.13. The van der Waals surface area contributed by atoms with Crippen molar-refractivity contribution in [2.24, 2.45) is 0 Å². The van der Waals surface area contributed by atoms with E-state index in [9.17, 15) is 4.79 Å². The van der Waals surface area contributed by atoms with E-state index in [-0.39, 0.29) is 6.03 Å². The number of nitrogens with one attached hydrogen (secondary N) is 2. The third kappa shape index (κ3) is 2.81. The molecule has 2 N–H and O–H groups in total. The molecule has 2 aromatic heterocycles. The van der Waals surface area contributed by atoms with Crippen LogP contribution in [0.15, 0.2) is 10.6 Å². The van der Waals surface area contributed by atoms with Crippen molar-refractivity contribution in [2.75, 3.05) is 24.2 Å². The molecule has 3 heterocycles. The molecule has 2 amide bonds. The molecular formula is C12H15N5O2S.